The van der Waals surface area contributed by atoms with Crippen molar-refractivity contribution in [2.24, 2.45) is 5.92 Å². The lowest BCUT2D eigenvalue weighted by Gasteiger charge is -2.39. The quantitative estimate of drug-likeness (QED) is 0.325. The van der Waals surface area contributed by atoms with E-state index in [0.29, 0.717) is 39.3 Å². The van der Waals surface area contributed by atoms with E-state index in [1.807, 2.05) is 37.8 Å². The van der Waals surface area contributed by atoms with Gasteiger partial charge in [0.05, 0.1) is 5.92 Å². The van der Waals surface area contributed by atoms with Gasteiger partial charge in [-0.25, -0.2) is 9.18 Å². The Bertz CT molecular complexity index is 1420. The molecule has 0 unspecified atom stereocenters. The molecule has 3 aliphatic rings. The van der Waals surface area contributed by atoms with Crippen LogP contribution in [0.5, 0.6) is 5.75 Å². The molecule has 2 saturated heterocycles. The van der Waals surface area contributed by atoms with Crippen LogP contribution in [0.1, 0.15) is 65.9 Å². The highest BCUT2D eigenvalue weighted by Gasteiger charge is 2.39. The minimum absolute atomic E-state index is 0.00784. The van der Waals surface area contributed by atoms with E-state index in [2.05, 4.69) is 33.0 Å². The molecule has 3 amide bonds. The molecule has 2 heterocycles. The number of ether oxygens (including phenoxy) is 2. The predicted molar refractivity (Wildman–Crippen MR) is 178 cm³/mol. The minimum Gasteiger partial charge on any atom is -0.475 e. The standard InChI is InChI=1S/C35H46BrFN4O5/c1-34(2,3)46-33(44)39-19-17-38(18-20-39)32(43)35(4,5)45-30-21-28(14-15-29(30)37)40-16-6-7-25(23-40)31(42)41(27-12-13-27)22-24-8-10-26(36)11-9-24/h8-11,14-15,21,25,27H,6-7,12-13,16-20,22-23H2,1-5H3/t25-/m1/s1. The first-order chi connectivity index (χ1) is 21.7. The molecule has 0 bridgehead atoms. The number of carbonyl (C=O) groups excluding carboxylic acids is 3. The molecule has 46 heavy (non-hydrogen) atoms. The largest absolute Gasteiger partial charge is 0.475 e. The average molecular weight is 702 g/mol. The fourth-order valence-corrected chi connectivity index (χ4v) is 6.36. The zero-order valence-electron chi connectivity index (χ0n) is 27.6. The van der Waals surface area contributed by atoms with Gasteiger partial charge in [0.15, 0.2) is 17.2 Å². The van der Waals surface area contributed by atoms with Crippen LogP contribution in [0.4, 0.5) is 14.9 Å². The van der Waals surface area contributed by atoms with Gasteiger partial charge in [0.1, 0.15) is 5.60 Å². The van der Waals surface area contributed by atoms with Crippen LogP contribution in [0.2, 0.25) is 0 Å². The fourth-order valence-electron chi connectivity index (χ4n) is 6.09. The Morgan fingerprint density at radius 1 is 0.913 bits per heavy atom. The highest BCUT2D eigenvalue weighted by atomic mass is 79.9. The third-order valence-electron chi connectivity index (χ3n) is 8.69. The van der Waals surface area contributed by atoms with E-state index >= 15 is 4.39 Å². The Morgan fingerprint density at radius 3 is 2.20 bits per heavy atom. The highest BCUT2D eigenvalue weighted by molar-refractivity contribution is 9.10. The van der Waals surface area contributed by atoms with E-state index in [4.69, 9.17) is 9.47 Å². The second kappa shape index (κ2) is 13.8. The Morgan fingerprint density at radius 2 is 1.57 bits per heavy atom. The molecular weight excluding hydrogens is 655 g/mol. The summed E-state index contributed by atoms with van der Waals surface area (Å²) in [7, 11) is 0. The van der Waals surface area contributed by atoms with Gasteiger partial charge in [-0.3, -0.25) is 9.59 Å². The number of anilines is 1. The van der Waals surface area contributed by atoms with E-state index in [-0.39, 0.29) is 29.5 Å². The summed E-state index contributed by atoms with van der Waals surface area (Å²) < 4.78 is 27.6. The molecule has 3 fully saturated rings. The number of carbonyl (C=O) groups is 3. The number of piperazine rings is 1. The summed E-state index contributed by atoms with van der Waals surface area (Å²) in [6, 6.07) is 13.1. The maximum atomic E-state index is 15.1. The normalized spacial score (nSPS) is 19.1. The summed E-state index contributed by atoms with van der Waals surface area (Å²) >= 11 is 3.48. The summed E-state index contributed by atoms with van der Waals surface area (Å²) in [6.45, 7) is 11.9. The number of hydrogen-bond donors (Lipinski definition) is 0. The Labute approximate surface area is 280 Å². The molecule has 0 aromatic heterocycles. The Hall–Kier alpha value is -3.34. The van der Waals surface area contributed by atoms with Gasteiger partial charge in [0.25, 0.3) is 5.91 Å². The van der Waals surface area contributed by atoms with E-state index in [1.165, 1.54) is 6.07 Å². The van der Waals surface area contributed by atoms with Gasteiger partial charge >= 0.3 is 6.09 Å². The molecule has 2 aromatic rings. The van der Waals surface area contributed by atoms with Crippen LogP contribution in [0.3, 0.4) is 0 Å². The second-order valence-corrected chi connectivity index (χ2v) is 15.0. The van der Waals surface area contributed by atoms with Gasteiger partial charge in [0, 0.05) is 68.1 Å². The molecule has 0 radical (unpaired) electrons. The molecule has 2 aliphatic heterocycles. The van der Waals surface area contributed by atoms with Gasteiger partial charge < -0.3 is 29.1 Å². The van der Waals surface area contributed by atoms with Crippen molar-refractivity contribution in [2.45, 2.75) is 84.1 Å². The van der Waals surface area contributed by atoms with Crippen molar-refractivity contribution in [1.82, 2.24) is 14.7 Å². The first kappa shape index (κ1) is 34.0. The van der Waals surface area contributed by atoms with E-state index in [9.17, 15) is 14.4 Å². The molecule has 11 heteroatoms. The van der Waals surface area contributed by atoms with Crippen LogP contribution in [0, 0.1) is 11.7 Å². The van der Waals surface area contributed by atoms with Crippen molar-refractivity contribution in [1.29, 1.82) is 0 Å². The third kappa shape index (κ3) is 8.52. The molecule has 250 valence electrons. The first-order valence-corrected chi connectivity index (χ1v) is 17.1. The van der Waals surface area contributed by atoms with Gasteiger partial charge in [-0.1, -0.05) is 28.1 Å². The number of piperidine rings is 1. The summed E-state index contributed by atoms with van der Waals surface area (Å²) in [4.78, 5) is 47.2. The first-order valence-electron chi connectivity index (χ1n) is 16.3. The molecule has 9 nitrogen and oxygen atoms in total. The number of hydrogen-bond acceptors (Lipinski definition) is 6. The average Bonchev–Trinajstić information content (AvgIpc) is 3.86. The molecule has 0 N–H and O–H groups in total. The van der Waals surface area contributed by atoms with Crippen molar-refractivity contribution in [3.63, 3.8) is 0 Å². The van der Waals surface area contributed by atoms with Crippen LogP contribution in [0.25, 0.3) is 0 Å². The number of benzene rings is 2. The highest BCUT2D eigenvalue weighted by Crippen LogP contribution is 2.34. The van der Waals surface area contributed by atoms with Crippen LogP contribution in [-0.2, 0) is 20.9 Å². The van der Waals surface area contributed by atoms with Gasteiger partial charge in [-0.2, -0.15) is 0 Å². The topological polar surface area (TPSA) is 82.6 Å². The predicted octanol–water partition coefficient (Wildman–Crippen LogP) is 6.23. The smallest absolute Gasteiger partial charge is 0.410 e. The van der Waals surface area contributed by atoms with Crippen molar-refractivity contribution in [3.8, 4) is 5.75 Å². The number of halogens is 2. The van der Waals surface area contributed by atoms with Gasteiger partial charge in [0.2, 0.25) is 5.91 Å². The summed E-state index contributed by atoms with van der Waals surface area (Å²) in [6.07, 6.45) is 3.32. The molecule has 0 spiro atoms. The fraction of sp³-hybridized carbons (Fsp3) is 0.571. The Balaban J connectivity index is 1.21. The lowest BCUT2D eigenvalue weighted by atomic mass is 9.95. The van der Waals surface area contributed by atoms with Crippen molar-refractivity contribution >= 4 is 39.5 Å². The minimum atomic E-state index is -1.34. The van der Waals surface area contributed by atoms with Crippen LogP contribution < -0.4 is 9.64 Å². The third-order valence-corrected chi connectivity index (χ3v) is 9.21. The molecule has 5 rings (SSSR count). The number of rotatable bonds is 8. The number of nitrogens with zero attached hydrogens (tertiary/aromatic N) is 4. The summed E-state index contributed by atoms with van der Waals surface area (Å²) in [5.41, 5.74) is -0.0702. The lowest BCUT2D eigenvalue weighted by Crippen LogP contribution is -2.57. The molecule has 1 aliphatic carbocycles. The molecule has 2 aromatic carbocycles. The maximum Gasteiger partial charge on any atom is 0.410 e. The van der Waals surface area contributed by atoms with E-state index < -0.39 is 23.1 Å². The molecular formula is C35H46BrFN4O5. The summed E-state index contributed by atoms with van der Waals surface area (Å²) in [5.74, 6) is -0.829. The van der Waals surface area contributed by atoms with Crippen LogP contribution in [0.15, 0.2) is 46.9 Å². The monoisotopic (exact) mass is 700 g/mol. The van der Waals surface area contributed by atoms with Crippen molar-refractivity contribution in [2.75, 3.05) is 44.2 Å². The molecule has 1 saturated carbocycles. The van der Waals surface area contributed by atoms with Crippen LogP contribution in [-0.4, -0.2) is 89.1 Å². The Kier molecular flexibility index (Phi) is 10.2. The van der Waals surface area contributed by atoms with Crippen LogP contribution >= 0.6 is 15.9 Å². The summed E-state index contributed by atoms with van der Waals surface area (Å²) in [5, 5.41) is 0. The van der Waals surface area contributed by atoms with E-state index in [1.54, 1.807) is 35.8 Å². The number of amides is 3. The van der Waals surface area contributed by atoms with Crippen molar-refractivity contribution in [3.05, 3.63) is 58.3 Å². The van der Waals surface area contributed by atoms with Gasteiger partial charge in [-0.05, 0) is 90.1 Å². The van der Waals surface area contributed by atoms with Crippen molar-refractivity contribution < 1.29 is 28.2 Å². The second-order valence-electron chi connectivity index (χ2n) is 14.1. The zero-order chi connectivity index (χ0) is 33.2. The lowest BCUT2D eigenvalue weighted by molar-refractivity contribution is -0.147. The maximum absolute atomic E-state index is 15.1. The SMILES string of the molecule is CC(C)(C)OC(=O)N1CCN(C(=O)C(C)(C)Oc2cc(N3CCC[C@@H](C(=O)N(Cc4ccc(Br)cc4)C4CC4)C3)ccc2F)CC1. The molecule has 1 atom stereocenters. The van der Waals surface area contributed by atoms with Gasteiger partial charge in [-0.15, -0.1) is 0 Å². The zero-order valence-corrected chi connectivity index (χ0v) is 29.1. The van der Waals surface area contributed by atoms with E-state index in [0.717, 1.165) is 48.0 Å².